The van der Waals surface area contributed by atoms with E-state index in [1.54, 1.807) is 12.2 Å². The summed E-state index contributed by atoms with van der Waals surface area (Å²) in [5, 5.41) is 18.3. The number of ether oxygens (including phenoxy) is 2. The maximum Gasteiger partial charge on any atom is 0.408 e. The molecule has 0 saturated heterocycles. The number of esters is 1. The highest BCUT2D eigenvalue weighted by Gasteiger charge is 2.36. The van der Waals surface area contributed by atoms with Crippen LogP contribution in [0, 0.1) is 11.8 Å². The van der Waals surface area contributed by atoms with Crippen LogP contribution in [0.1, 0.15) is 64.4 Å². The van der Waals surface area contributed by atoms with Crippen LogP contribution in [0.3, 0.4) is 0 Å². The van der Waals surface area contributed by atoms with E-state index < -0.39 is 35.6 Å². The van der Waals surface area contributed by atoms with Crippen LogP contribution < -0.4 is 16.0 Å². The van der Waals surface area contributed by atoms with Gasteiger partial charge in [-0.2, -0.15) is 0 Å². The van der Waals surface area contributed by atoms with E-state index >= 15 is 0 Å². The third kappa shape index (κ3) is 9.38. The molecule has 1 fully saturated rings. The number of alkyl carbamates (subject to hydrolysis) is 1. The Kier molecular flexibility index (Phi) is 11.3. The van der Waals surface area contributed by atoms with Gasteiger partial charge in [-0.25, -0.2) is 9.59 Å². The number of cyclic esters (lactones) is 1. The van der Waals surface area contributed by atoms with Gasteiger partial charge in [0.15, 0.2) is 0 Å². The normalized spacial score (nSPS) is 23.6. The van der Waals surface area contributed by atoms with Gasteiger partial charge >= 0.3 is 12.1 Å². The van der Waals surface area contributed by atoms with E-state index in [0.717, 1.165) is 31.2 Å². The molecule has 3 amide bonds. The third-order valence-corrected chi connectivity index (χ3v) is 7.36. The van der Waals surface area contributed by atoms with Crippen LogP contribution in [0.25, 0.3) is 0 Å². The van der Waals surface area contributed by atoms with E-state index in [1.165, 1.54) is 0 Å². The van der Waals surface area contributed by atoms with Crippen molar-refractivity contribution in [3.05, 3.63) is 48.0 Å². The minimum atomic E-state index is -0.971. The highest BCUT2D eigenvalue weighted by Crippen LogP contribution is 2.29. The molecule has 1 aromatic carbocycles. The van der Waals surface area contributed by atoms with Gasteiger partial charge in [0, 0.05) is 6.42 Å². The number of amides is 3. The number of benzene rings is 1. The zero-order valence-electron chi connectivity index (χ0n) is 22.8. The van der Waals surface area contributed by atoms with Crippen molar-refractivity contribution in [1.82, 2.24) is 16.0 Å². The van der Waals surface area contributed by atoms with E-state index in [4.69, 9.17) is 9.47 Å². The van der Waals surface area contributed by atoms with Crippen molar-refractivity contribution in [3.8, 4) is 0 Å². The van der Waals surface area contributed by atoms with Gasteiger partial charge in [-0.1, -0.05) is 69.2 Å². The predicted molar refractivity (Wildman–Crippen MR) is 144 cm³/mol. The topological polar surface area (TPSA) is 143 Å². The van der Waals surface area contributed by atoms with E-state index in [2.05, 4.69) is 16.0 Å². The molecular weight excluding hydrogens is 502 g/mol. The van der Waals surface area contributed by atoms with E-state index in [-0.39, 0.29) is 56.8 Å². The molecule has 214 valence electrons. The number of rotatable bonds is 8. The molecule has 1 saturated carbocycles. The van der Waals surface area contributed by atoms with E-state index in [0.29, 0.717) is 0 Å². The van der Waals surface area contributed by atoms with Crippen molar-refractivity contribution in [2.24, 2.45) is 11.8 Å². The summed E-state index contributed by atoms with van der Waals surface area (Å²) in [6, 6.07) is 7.75. The Hall–Kier alpha value is -3.40. The summed E-state index contributed by atoms with van der Waals surface area (Å²) in [6.45, 7) is 3.66. The number of allylic oxidation sites excluding steroid dienone is 1. The van der Waals surface area contributed by atoms with Gasteiger partial charge in [-0.3, -0.25) is 9.59 Å². The Morgan fingerprint density at radius 3 is 2.49 bits per heavy atom. The first kappa shape index (κ1) is 30.1. The smallest absolute Gasteiger partial charge is 0.408 e. The molecule has 0 bridgehead atoms. The van der Waals surface area contributed by atoms with Gasteiger partial charge in [-0.05, 0) is 37.2 Å². The Balaban J connectivity index is 1.66. The summed E-state index contributed by atoms with van der Waals surface area (Å²) in [4.78, 5) is 51.3. The molecule has 10 heteroatoms. The Morgan fingerprint density at radius 1 is 1.13 bits per heavy atom. The fourth-order valence-electron chi connectivity index (χ4n) is 4.82. The van der Waals surface area contributed by atoms with Crippen molar-refractivity contribution in [2.75, 3.05) is 13.2 Å². The Bertz CT molecular complexity index is 1010. The fourth-order valence-corrected chi connectivity index (χ4v) is 4.82. The molecule has 3 unspecified atom stereocenters. The van der Waals surface area contributed by atoms with Gasteiger partial charge in [0.05, 0.1) is 24.1 Å². The van der Waals surface area contributed by atoms with Crippen molar-refractivity contribution < 1.29 is 33.8 Å². The first-order valence-corrected chi connectivity index (χ1v) is 13.7. The van der Waals surface area contributed by atoms with Crippen molar-refractivity contribution in [1.29, 1.82) is 0 Å². The minimum Gasteiger partial charge on any atom is -0.462 e. The molecule has 1 aliphatic carbocycles. The molecule has 4 N–H and O–H groups in total. The van der Waals surface area contributed by atoms with Crippen LogP contribution in [0.4, 0.5) is 4.79 Å². The number of carbonyl (C=O) groups excluding carboxylic acids is 4. The summed E-state index contributed by atoms with van der Waals surface area (Å²) < 4.78 is 10.7. The van der Waals surface area contributed by atoms with Crippen LogP contribution in [0.15, 0.2) is 42.5 Å². The molecule has 2 aliphatic rings. The molecule has 3 atom stereocenters. The standard InChI is InChI=1S/C29H41N3O7/c1-20(2)24-18-38-27(36)23(31-28(37)39-17-21-10-4-3-5-11-21)13-7-6-12-22(26(35)30-24)16-25(34)32-29(19-33)14-8-9-15-29/h3-7,10-11,20,22-24,33H,8-9,12-19H2,1-2H3,(H,30,35)(H,31,37)(H,32,34). The number of hydrogen-bond acceptors (Lipinski definition) is 7. The summed E-state index contributed by atoms with van der Waals surface area (Å²) in [5.74, 6) is -1.89. The maximum absolute atomic E-state index is 13.2. The summed E-state index contributed by atoms with van der Waals surface area (Å²) in [7, 11) is 0. The molecule has 1 aliphatic heterocycles. The molecule has 10 nitrogen and oxygen atoms in total. The van der Waals surface area contributed by atoms with Crippen LogP contribution in [-0.4, -0.2) is 59.8 Å². The van der Waals surface area contributed by atoms with Crippen LogP contribution in [0.2, 0.25) is 0 Å². The number of aliphatic hydroxyl groups excluding tert-OH is 1. The lowest BCUT2D eigenvalue weighted by Gasteiger charge is -2.29. The first-order chi connectivity index (χ1) is 18.7. The van der Waals surface area contributed by atoms with Gasteiger partial charge in [-0.15, -0.1) is 0 Å². The Morgan fingerprint density at radius 2 is 1.82 bits per heavy atom. The van der Waals surface area contributed by atoms with Crippen LogP contribution in [0.5, 0.6) is 0 Å². The van der Waals surface area contributed by atoms with E-state index in [1.807, 2.05) is 44.2 Å². The zero-order valence-corrected chi connectivity index (χ0v) is 22.8. The molecule has 0 spiro atoms. The average Bonchev–Trinajstić information content (AvgIpc) is 3.39. The number of carbonyl (C=O) groups is 4. The monoisotopic (exact) mass is 543 g/mol. The second-order valence-electron chi connectivity index (χ2n) is 10.8. The predicted octanol–water partition coefficient (Wildman–Crippen LogP) is 2.74. The van der Waals surface area contributed by atoms with Gasteiger partial charge in [0.25, 0.3) is 0 Å². The molecule has 39 heavy (non-hydrogen) atoms. The highest BCUT2D eigenvalue weighted by atomic mass is 16.6. The van der Waals surface area contributed by atoms with Gasteiger partial charge in [0.1, 0.15) is 19.3 Å². The second kappa shape index (κ2) is 14.7. The lowest BCUT2D eigenvalue weighted by Crippen LogP contribution is -2.51. The van der Waals surface area contributed by atoms with Gasteiger partial charge < -0.3 is 30.5 Å². The lowest BCUT2D eigenvalue weighted by molar-refractivity contribution is -0.148. The number of hydrogen-bond donors (Lipinski definition) is 4. The Labute approximate surface area is 229 Å². The van der Waals surface area contributed by atoms with Crippen LogP contribution >= 0.6 is 0 Å². The van der Waals surface area contributed by atoms with Crippen molar-refractivity contribution >= 4 is 23.9 Å². The van der Waals surface area contributed by atoms with Crippen LogP contribution in [-0.2, 0) is 30.5 Å². The molecule has 3 rings (SSSR count). The molecule has 0 radical (unpaired) electrons. The van der Waals surface area contributed by atoms with Crippen molar-refractivity contribution in [3.63, 3.8) is 0 Å². The molecule has 1 aromatic rings. The third-order valence-electron chi connectivity index (χ3n) is 7.36. The SMILES string of the molecule is CC(C)C1COC(=O)C(NC(=O)OCc2ccccc2)CC=CCC(CC(=O)NC2(CO)CCCC2)C(=O)N1. The average molecular weight is 544 g/mol. The van der Waals surface area contributed by atoms with Gasteiger partial charge in [0.2, 0.25) is 11.8 Å². The largest absolute Gasteiger partial charge is 0.462 e. The van der Waals surface area contributed by atoms with E-state index in [9.17, 15) is 24.3 Å². The highest BCUT2D eigenvalue weighted by molar-refractivity contribution is 5.86. The molecule has 0 aromatic heterocycles. The fraction of sp³-hybridized carbons (Fsp3) is 0.586. The maximum atomic E-state index is 13.2. The minimum absolute atomic E-state index is 0.0317. The molecular formula is C29H41N3O7. The quantitative estimate of drug-likeness (QED) is 0.292. The number of aliphatic hydroxyl groups is 1. The second-order valence-corrected chi connectivity index (χ2v) is 10.8. The first-order valence-electron chi connectivity index (χ1n) is 13.7. The summed E-state index contributed by atoms with van der Waals surface area (Å²) in [6.07, 6.45) is 6.38. The summed E-state index contributed by atoms with van der Waals surface area (Å²) in [5.41, 5.74) is 0.203. The van der Waals surface area contributed by atoms with Crippen molar-refractivity contribution in [2.45, 2.75) is 83.0 Å². The zero-order chi connectivity index (χ0) is 28.3. The summed E-state index contributed by atoms with van der Waals surface area (Å²) >= 11 is 0. The number of nitrogens with one attached hydrogen (secondary N) is 3. The lowest BCUT2D eigenvalue weighted by atomic mass is 9.94. The molecule has 1 heterocycles.